The Morgan fingerprint density at radius 3 is 2.71 bits per heavy atom. The zero-order valence-electron chi connectivity index (χ0n) is 14.2. The van der Waals surface area contributed by atoms with Gasteiger partial charge in [0.05, 0.1) is 7.11 Å². The van der Waals surface area contributed by atoms with Gasteiger partial charge in [-0.15, -0.1) is 0 Å². The molecule has 24 heavy (non-hydrogen) atoms. The number of amides is 1. The Balaban J connectivity index is 1.68. The molecule has 2 aliphatic heterocycles. The van der Waals surface area contributed by atoms with Crippen molar-refractivity contribution in [3.8, 4) is 11.8 Å². The summed E-state index contributed by atoms with van der Waals surface area (Å²) >= 11 is 0. The number of benzene rings is 1. The van der Waals surface area contributed by atoms with Gasteiger partial charge in [0.1, 0.15) is 17.4 Å². The Hall–Kier alpha value is -2.32. The summed E-state index contributed by atoms with van der Waals surface area (Å²) in [7, 11) is 3.76. The van der Waals surface area contributed by atoms with Gasteiger partial charge in [0.2, 0.25) is 0 Å². The number of nitrogens with zero attached hydrogens (tertiary/aromatic N) is 2. The predicted octanol–water partition coefficient (Wildman–Crippen LogP) is 2.34. The van der Waals surface area contributed by atoms with Crippen LogP contribution in [-0.2, 0) is 4.79 Å². The summed E-state index contributed by atoms with van der Waals surface area (Å²) in [6.07, 6.45) is 5.96. The molecule has 2 aliphatic rings. The van der Waals surface area contributed by atoms with Crippen molar-refractivity contribution < 1.29 is 9.53 Å². The first-order chi connectivity index (χ1) is 11.6. The second-order valence-corrected chi connectivity index (χ2v) is 6.64. The van der Waals surface area contributed by atoms with E-state index in [9.17, 15) is 10.1 Å². The Bertz CT molecular complexity index is 678. The largest absolute Gasteiger partial charge is 0.497 e. The molecule has 0 aliphatic carbocycles. The lowest BCUT2D eigenvalue weighted by molar-refractivity contribution is -0.118. The standard InChI is InChI=1S/C19H23N3O2/c1-22-16-6-7-17(22)11-15(10-16)21-19(23)14(12-20)8-13-4-3-5-18(9-13)24-2/h3-5,8-9,15-17H,6-7,10-11H2,1-2H3,(H,21,23). The van der Waals surface area contributed by atoms with Crippen molar-refractivity contribution in [3.05, 3.63) is 35.4 Å². The summed E-state index contributed by atoms with van der Waals surface area (Å²) < 4.78 is 5.18. The summed E-state index contributed by atoms with van der Waals surface area (Å²) in [5.74, 6) is 0.419. The van der Waals surface area contributed by atoms with Crippen LogP contribution in [0.5, 0.6) is 5.75 Å². The van der Waals surface area contributed by atoms with E-state index in [1.54, 1.807) is 19.3 Å². The van der Waals surface area contributed by atoms with E-state index < -0.39 is 0 Å². The van der Waals surface area contributed by atoms with Crippen molar-refractivity contribution in [1.29, 1.82) is 5.26 Å². The van der Waals surface area contributed by atoms with Crippen molar-refractivity contribution in [2.45, 2.75) is 43.8 Å². The fourth-order valence-corrected chi connectivity index (χ4v) is 3.84. The van der Waals surface area contributed by atoms with Crippen LogP contribution in [0.15, 0.2) is 29.8 Å². The number of nitriles is 1. The highest BCUT2D eigenvalue weighted by atomic mass is 16.5. The number of carbonyl (C=O) groups is 1. The van der Waals surface area contributed by atoms with Crippen LogP contribution in [0.1, 0.15) is 31.2 Å². The number of piperidine rings is 1. The van der Waals surface area contributed by atoms with Crippen LogP contribution in [0, 0.1) is 11.3 Å². The molecule has 5 nitrogen and oxygen atoms in total. The number of hydrogen-bond acceptors (Lipinski definition) is 4. The number of ether oxygens (including phenoxy) is 1. The summed E-state index contributed by atoms with van der Waals surface area (Å²) in [5, 5.41) is 12.4. The smallest absolute Gasteiger partial charge is 0.262 e. The minimum atomic E-state index is -0.283. The van der Waals surface area contributed by atoms with Crippen LogP contribution in [0.3, 0.4) is 0 Å². The maximum Gasteiger partial charge on any atom is 0.262 e. The Kier molecular flexibility index (Phi) is 4.86. The van der Waals surface area contributed by atoms with Crippen molar-refractivity contribution in [2.75, 3.05) is 14.2 Å². The molecular weight excluding hydrogens is 302 g/mol. The second kappa shape index (κ2) is 7.06. The molecule has 0 radical (unpaired) electrons. The van der Waals surface area contributed by atoms with Gasteiger partial charge in [0.15, 0.2) is 0 Å². The first-order valence-corrected chi connectivity index (χ1v) is 8.39. The van der Waals surface area contributed by atoms with E-state index >= 15 is 0 Å². The van der Waals surface area contributed by atoms with E-state index in [1.165, 1.54) is 12.8 Å². The van der Waals surface area contributed by atoms with Crippen molar-refractivity contribution in [1.82, 2.24) is 10.2 Å². The second-order valence-electron chi connectivity index (χ2n) is 6.64. The van der Waals surface area contributed by atoms with E-state index in [0.29, 0.717) is 17.8 Å². The average molecular weight is 325 g/mol. The van der Waals surface area contributed by atoms with E-state index in [-0.39, 0.29) is 17.5 Å². The highest BCUT2D eigenvalue weighted by molar-refractivity contribution is 6.01. The molecule has 2 fully saturated rings. The third-order valence-electron chi connectivity index (χ3n) is 5.20. The molecule has 2 unspecified atom stereocenters. The Morgan fingerprint density at radius 2 is 2.08 bits per heavy atom. The van der Waals surface area contributed by atoms with E-state index in [4.69, 9.17) is 4.74 Å². The summed E-state index contributed by atoms with van der Waals surface area (Å²) in [5.41, 5.74) is 0.916. The normalized spacial score (nSPS) is 26.7. The molecule has 0 aromatic heterocycles. The highest BCUT2D eigenvalue weighted by Gasteiger charge is 2.38. The molecule has 3 rings (SSSR count). The fraction of sp³-hybridized carbons (Fsp3) is 0.474. The first-order valence-electron chi connectivity index (χ1n) is 8.39. The number of rotatable bonds is 4. The third-order valence-corrected chi connectivity index (χ3v) is 5.20. The van der Waals surface area contributed by atoms with Crippen LogP contribution in [0.25, 0.3) is 6.08 Å². The summed E-state index contributed by atoms with van der Waals surface area (Å²) in [6.45, 7) is 0. The van der Waals surface area contributed by atoms with Gasteiger partial charge in [0, 0.05) is 18.1 Å². The molecule has 1 aromatic rings. The van der Waals surface area contributed by atoms with E-state index in [1.807, 2.05) is 24.3 Å². The maximum absolute atomic E-state index is 12.5. The third kappa shape index (κ3) is 3.44. The molecule has 1 amide bonds. The molecule has 5 heteroatoms. The van der Waals surface area contributed by atoms with E-state index in [2.05, 4.69) is 17.3 Å². The maximum atomic E-state index is 12.5. The lowest BCUT2D eigenvalue weighted by Gasteiger charge is -2.36. The number of nitrogens with one attached hydrogen (secondary N) is 1. The zero-order valence-corrected chi connectivity index (χ0v) is 14.2. The molecule has 2 saturated heterocycles. The predicted molar refractivity (Wildman–Crippen MR) is 92.3 cm³/mol. The molecule has 2 atom stereocenters. The SMILES string of the molecule is COc1cccc(C=C(C#N)C(=O)NC2CC3CCC(C2)N3C)c1. The molecule has 126 valence electrons. The highest BCUT2D eigenvalue weighted by Crippen LogP contribution is 2.34. The lowest BCUT2D eigenvalue weighted by Crippen LogP contribution is -2.48. The van der Waals surface area contributed by atoms with E-state index in [0.717, 1.165) is 18.4 Å². The number of methoxy groups -OCH3 is 1. The first kappa shape index (κ1) is 16.5. The van der Waals surface area contributed by atoms with Gasteiger partial charge < -0.3 is 15.0 Å². The van der Waals surface area contributed by atoms with Gasteiger partial charge in [-0.25, -0.2) is 0 Å². The molecule has 0 spiro atoms. The minimum absolute atomic E-state index is 0.134. The quantitative estimate of drug-likeness (QED) is 0.682. The number of fused-ring (bicyclic) bond motifs is 2. The van der Waals surface area contributed by atoms with Gasteiger partial charge in [-0.1, -0.05) is 12.1 Å². The van der Waals surface area contributed by atoms with Gasteiger partial charge in [-0.05, 0) is 56.5 Å². The van der Waals surface area contributed by atoms with Crippen LogP contribution in [0.4, 0.5) is 0 Å². The van der Waals surface area contributed by atoms with Crippen molar-refractivity contribution in [3.63, 3.8) is 0 Å². The molecule has 2 bridgehead atoms. The monoisotopic (exact) mass is 325 g/mol. The number of hydrogen-bond donors (Lipinski definition) is 1. The molecular formula is C19H23N3O2. The average Bonchev–Trinajstić information content (AvgIpc) is 2.81. The van der Waals surface area contributed by atoms with Crippen LogP contribution >= 0.6 is 0 Å². The molecule has 1 N–H and O–H groups in total. The minimum Gasteiger partial charge on any atom is -0.497 e. The zero-order chi connectivity index (χ0) is 17.1. The van der Waals surface area contributed by atoms with Gasteiger partial charge in [-0.3, -0.25) is 4.79 Å². The summed E-state index contributed by atoms with van der Waals surface area (Å²) in [4.78, 5) is 14.9. The lowest BCUT2D eigenvalue weighted by atomic mass is 9.97. The Labute approximate surface area is 142 Å². The topological polar surface area (TPSA) is 65.4 Å². The molecule has 0 saturated carbocycles. The van der Waals surface area contributed by atoms with Crippen molar-refractivity contribution in [2.24, 2.45) is 0 Å². The van der Waals surface area contributed by atoms with Crippen LogP contribution < -0.4 is 10.1 Å². The van der Waals surface area contributed by atoms with Crippen molar-refractivity contribution >= 4 is 12.0 Å². The van der Waals surface area contributed by atoms with Gasteiger partial charge in [0.25, 0.3) is 5.91 Å². The fourth-order valence-electron chi connectivity index (χ4n) is 3.84. The van der Waals surface area contributed by atoms with Crippen LogP contribution in [-0.4, -0.2) is 43.1 Å². The molecule has 1 aromatic carbocycles. The van der Waals surface area contributed by atoms with Gasteiger partial charge in [-0.2, -0.15) is 5.26 Å². The van der Waals surface area contributed by atoms with Gasteiger partial charge >= 0.3 is 0 Å². The molecule has 2 heterocycles. The van der Waals surface area contributed by atoms with Crippen LogP contribution in [0.2, 0.25) is 0 Å². The number of carbonyl (C=O) groups excluding carboxylic acids is 1. The summed E-state index contributed by atoms with van der Waals surface area (Å²) in [6, 6.07) is 10.6. The Morgan fingerprint density at radius 1 is 1.38 bits per heavy atom.